The minimum atomic E-state index is -3.54. The van der Waals surface area contributed by atoms with Crippen LogP contribution in [0.25, 0.3) is 0 Å². The van der Waals surface area contributed by atoms with Crippen molar-refractivity contribution in [3.63, 3.8) is 0 Å². The van der Waals surface area contributed by atoms with E-state index in [-0.39, 0.29) is 16.4 Å². The van der Waals surface area contributed by atoms with Crippen molar-refractivity contribution in [1.29, 1.82) is 0 Å². The second-order valence-electron chi connectivity index (χ2n) is 6.11. The van der Waals surface area contributed by atoms with Crippen LogP contribution in [0.5, 0.6) is 0 Å². The van der Waals surface area contributed by atoms with E-state index >= 15 is 0 Å². The summed E-state index contributed by atoms with van der Waals surface area (Å²) in [7, 11) is -3.54. The summed E-state index contributed by atoms with van der Waals surface area (Å²) in [4.78, 5) is 0.230. The molecule has 0 bridgehead atoms. The van der Waals surface area contributed by atoms with Crippen LogP contribution in [0.15, 0.2) is 31.8 Å². The van der Waals surface area contributed by atoms with Crippen LogP contribution in [0, 0.1) is 5.41 Å². The van der Waals surface area contributed by atoms with Crippen LogP contribution in [-0.4, -0.2) is 14.5 Å². The average molecular weight is 311 g/mol. The van der Waals surface area contributed by atoms with Crippen LogP contribution in [0.4, 0.5) is 11.4 Å². The molecule has 7 heteroatoms. The molecule has 1 N–H and O–H groups in total. The first-order valence-corrected chi connectivity index (χ1v) is 8.82. The van der Waals surface area contributed by atoms with Gasteiger partial charge in [0.05, 0.1) is 11.4 Å². The number of nitrogens with zero attached hydrogens (tertiary/aromatic N) is 2. The molecular weight excluding hydrogens is 294 g/mol. The summed E-state index contributed by atoms with van der Waals surface area (Å²) < 4.78 is 36.1. The third kappa shape index (κ3) is 2.57. The molecule has 3 rings (SSSR count). The number of fused-ring (bicyclic) bond motifs is 1. The standard InChI is InChI=1S/C13H17N3O2S2/c1-13(2)7-6-9(8-13)16-20(17,18)11-5-3-4-10-12(11)15-19-14-10/h3-5,9,16H,6-8H2,1-2H3. The van der Waals surface area contributed by atoms with Crippen LogP contribution in [0.2, 0.25) is 0 Å². The van der Waals surface area contributed by atoms with Crippen molar-refractivity contribution in [3.05, 3.63) is 18.2 Å². The van der Waals surface area contributed by atoms with Crippen LogP contribution < -0.4 is 4.72 Å². The molecule has 1 heterocycles. The zero-order valence-electron chi connectivity index (χ0n) is 11.5. The predicted molar refractivity (Wildman–Crippen MR) is 79.7 cm³/mol. The highest BCUT2D eigenvalue weighted by molar-refractivity contribution is 7.89. The largest absolute Gasteiger partial charge is 0.243 e. The van der Waals surface area contributed by atoms with Crippen LogP contribution >= 0.6 is 0 Å². The number of nitrogens with one attached hydrogen (secondary N) is 1. The topological polar surface area (TPSA) is 70.9 Å². The Morgan fingerprint density at radius 1 is 1.35 bits per heavy atom. The number of rotatable bonds is 3. The fourth-order valence-electron chi connectivity index (χ4n) is 2.82. The molecule has 1 aromatic rings. The minimum absolute atomic E-state index is 0.0110. The van der Waals surface area contributed by atoms with E-state index in [1.54, 1.807) is 18.2 Å². The summed E-state index contributed by atoms with van der Waals surface area (Å²) in [6.45, 7) is 4.35. The van der Waals surface area contributed by atoms with Gasteiger partial charge in [-0.15, -0.1) is 0 Å². The fraction of sp³-hybridized carbons (Fsp3) is 0.538. The van der Waals surface area contributed by atoms with Gasteiger partial charge in [-0.25, -0.2) is 13.1 Å². The molecule has 0 radical (unpaired) electrons. The highest BCUT2D eigenvalue weighted by Crippen LogP contribution is 2.40. The predicted octanol–water partition coefficient (Wildman–Crippen LogP) is 3.27. The van der Waals surface area contributed by atoms with Gasteiger partial charge in [0.1, 0.15) is 16.3 Å². The number of hydrogen-bond acceptors (Lipinski definition) is 4. The van der Waals surface area contributed by atoms with Crippen molar-refractivity contribution >= 4 is 32.8 Å². The van der Waals surface area contributed by atoms with Crippen molar-refractivity contribution in [2.75, 3.05) is 0 Å². The summed E-state index contributed by atoms with van der Waals surface area (Å²) in [6.07, 6.45) is 2.80. The van der Waals surface area contributed by atoms with Gasteiger partial charge in [0.25, 0.3) is 0 Å². The summed E-state index contributed by atoms with van der Waals surface area (Å²) in [5, 5.41) is 0. The van der Waals surface area contributed by atoms with E-state index in [0.717, 1.165) is 30.6 Å². The zero-order valence-corrected chi connectivity index (χ0v) is 13.1. The van der Waals surface area contributed by atoms with Crippen molar-refractivity contribution in [1.82, 2.24) is 4.72 Å². The lowest BCUT2D eigenvalue weighted by Crippen LogP contribution is -2.33. The van der Waals surface area contributed by atoms with Gasteiger partial charge >= 0.3 is 0 Å². The highest BCUT2D eigenvalue weighted by Gasteiger charge is 2.34. The first-order valence-electron chi connectivity index (χ1n) is 6.61. The molecule has 1 aliphatic carbocycles. The van der Waals surface area contributed by atoms with Crippen LogP contribution in [0.1, 0.15) is 33.1 Å². The van der Waals surface area contributed by atoms with E-state index in [1.807, 2.05) is 0 Å². The minimum Gasteiger partial charge on any atom is -0.208 e. The Kier molecular flexibility index (Phi) is 3.30. The van der Waals surface area contributed by atoms with E-state index in [9.17, 15) is 8.42 Å². The van der Waals surface area contributed by atoms with Gasteiger partial charge in [0, 0.05) is 6.04 Å². The van der Waals surface area contributed by atoms with Gasteiger partial charge in [-0.1, -0.05) is 19.9 Å². The molecule has 20 heavy (non-hydrogen) atoms. The van der Waals surface area contributed by atoms with Crippen molar-refractivity contribution < 1.29 is 8.42 Å². The molecule has 1 aromatic carbocycles. The molecule has 1 saturated carbocycles. The quantitative estimate of drug-likeness (QED) is 0.945. The summed E-state index contributed by atoms with van der Waals surface area (Å²) in [5.74, 6) is 0. The molecule has 0 saturated heterocycles. The van der Waals surface area contributed by atoms with Gasteiger partial charge in [0.15, 0.2) is 0 Å². The Morgan fingerprint density at radius 2 is 2.15 bits per heavy atom. The average Bonchev–Trinajstić information content (AvgIpc) is 2.94. The third-order valence-corrected chi connectivity index (χ3v) is 5.92. The molecule has 1 atom stereocenters. The highest BCUT2D eigenvalue weighted by atomic mass is 32.2. The van der Waals surface area contributed by atoms with Gasteiger partial charge in [-0.05, 0) is 36.8 Å². The molecule has 108 valence electrons. The normalized spacial score (nSPS) is 23.6. The molecule has 1 unspecified atom stereocenters. The van der Waals surface area contributed by atoms with Crippen molar-refractivity contribution in [2.45, 2.75) is 44.0 Å². The Hall–Kier alpha value is -1.05. The third-order valence-electron chi connectivity index (χ3n) is 3.83. The van der Waals surface area contributed by atoms with Gasteiger partial charge < -0.3 is 0 Å². The van der Waals surface area contributed by atoms with E-state index in [4.69, 9.17) is 0 Å². The van der Waals surface area contributed by atoms with Gasteiger partial charge in [-0.3, -0.25) is 0 Å². The monoisotopic (exact) mass is 311 g/mol. The van der Waals surface area contributed by atoms with E-state index in [0.29, 0.717) is 11.4 Å². The van der Waals surface area contributed by atoms with Crippen molar-refractivity contribution in [2.24, 2.45) is 14.1 Å². The lowest BCUT2D eigenvalue weighted by atomic mass is 9.92. The maximum absolute atomic E-state index is 12.5. The molecule has 0 amide bonds. The molecule has 0 aromatic heterocycles. The Balaban J connectivity index is 1.87. The summed E-state index contributed by atoms with van der Waals surface area (Å²) in [6, 6.07) is 5.08. The number of benzene rings is 1. The lowest BCUT2D eigenvalue weighted by Gasteiger charge is -2.18. The molecule has 0 spiro atoms. The van der Waals surface area contributed by atoms with Gasteiger partial charge in [-0.2, -0.15) is 8.73 Å². The van der Waals surface area contributed by atoms with Crippen molar-refractivity contribution in [3.8, 4) is 0 Å². The Labute approximate surface area is 122 Å². The Bertz CT molecular complexity index is 719. The van der Waals surface area contributed by atoms with Gasteiger partial charge in [0.2, 0.25) is 10.0 Å². The maximum atomic E-state index is 12.5. The second-order valence-corrected chi connectivity index (χ2v) is 8.32. The maximum Gasteiger partial charge on any atom is 0.243 e. The smallest absolute Gasteiger partial charge is 0.208 e. The van der Waals surface area contributed by atoms with E-state index in [2.05, 4.69) is 27.3 Å². The first kappa shape index (κ1) is 13.9. The first-order chi connectivity index (χ1) is 9.37. The van der Waals surface area contributed by atoms with Crippen LogP contribution in [0.3, 0.4) is 0 Å². The number of hydrogen-bond donors (Lipinski definition) is 1. The zero-order chi connectivity index (χ0) is 14.4. The summed E-state index contributed by atoms with van der Waals surface area (Å²) >= 11 is 1.03. The van der Waals surface area contributed by atoms with E-state index in [1.165, 1.54) is 0 Å². The molecule has 2 aliphatic rings. The molecule has 1 fully saturated rings. The van der Waals surface area contributed by atoms with Crippen LogP contribution in [-0.2, 0) is 21.4 Å². The Morgan fingerprint density at radius 3 is 2.85 bits per heavy atom. The molecular formula is C13H17N3O2S2. The summed E-state index contributed by atoms with van der Waals surface area (Å²) in [5.41, 5.74) is 1.30. The molecule has 1 aliphatic heterocycles. The molecule has 5 nitrogen and oxygen atoms in total. The van der Waals surface area contributed by atoms with E-state index < -0.39 is 10.0 Å². The fourth-order valence-corrected chi connectivity index (χ4v) is 4.85. The SMILES string of the molecule is CC1(C)CCC(NS(=O)(=O)c2cccc3c2N=S=N3)C1. The lowest BCUT2D eigenvalue weighted by molar-refractivity contribution is 0.372. The number of sulfonamides is 1. The second kappa shape index (κ2) is 4.75.